The van der Waals surface area contributed by atoms with Gasteiger partial charge in [0.2, 0.25) is 0 Å². The SMILES string of the molecule is C=C1c2ccc(Oc3c(C)cc(C(C)(C)c4cc(C)c(Oc5ccc6c(c5)C(=O)N(c5ccccc5)C6=O)c(C)c4)cc3C)cc2C(=O)N1C(C)C.CC(C)C. The van der Waals surface area contributed by atoms with Crippen molar-refractivity contribution >= 4 is 29.1 Å². The summed E-state index contributed by atoms with van der Waals surface area (Å²) >= 11 is 0. The lowest BCUT2D eigenvalue weighted by Gasteiger charge is -2.29. The second-order valence-corrected chi connectivity index (χ2v) is 16.4. The van der Waals surface area contributed by atoms with Crippen molar-refractivity contribution in [2.75, 3.05) is 4.90 Å². The van der Waals surface area contributed by atoms with Gasteiger partial charge in [-0.05, 0) is 129 Å². The van der Waals surface area contributed by atoms with Crippen molar-refractivity contribution in [2.45, 2.75) is 87.6 Å². The molecule has 0 aliphatic carbocycles. The number of amides is 3. The minimum absolute atomic E-state index is 0.0187. The van der Waals surface area contributed by atoms with Gasteiger partial charge in [-0.1, -0.05) is 83.7 Å². The van der Waals surface area contributed by atoms with E-state index < -0.39 is 0 Å². The highest BCUT2D eigenvalue weighted by Gasteiger charge is 2.37. The van der Waals surface area contributed by atoms with Gasteiger partial charge < -0.3 is 14.4 Å². The number of aryl methyl sites for hydroxylation is 4. The lowest BCUT2D eigenvalue weighted by atomic mass is 9.76. The molecule has 0 atom stereocenters. The van der Waals surface area contributed by atoms with Gasteiger partial charge in [0, 0.05) is 22.7 Å². The summed E-state index contributed by atoms with van der Waals surface area (Å²) in [5, 5.41) is 0. The zero-order valence-electron chi connectivity index (χ0n) is 34.5. The minimum atomic E-state index is -0.365. The molecule has 0 radical (unpaired) electrons. The Morgan fingerprint density at radius 2 is 0.964 bits per heavy atom. The van der Waals surface area contributed by atoms with Gasteiger partial charge in [0.1, 0.15) is 23.0 Å². The molecule has 3 amide bonds. The molecular formula is C49H52N2O5. The maximum atomic E-state index is 13.3. The van der Waals surface area contributed by atoms with E-state index in [4.69, 9.17) is 9.47 Å². The molecule has 288 valence electrons. The maximum absolute atomic E-state index is 13.3. The van der Waals surface area contributed by atoms with Crippen LogP contribution in [0.1, 0.15) is 118 Å². The van der Waals surface area contributed by atoms with Gasteiger partial charge in [0.25, 0.3) is 17.7 Å². The molecule has 0 spiro atoms. The number of carbonyl (C=O) groups is 3. The van der Waals surface area contributed by atoms with Gasteiger partial charge in [-0.25, -0.2) is 4.90 Å². The van der Waals surface area contributed by atoms with E-state index in [0.717, 1.165) is 56.3 Å². The summed E-state index contributed by atoms with van der Waals surface area (Å²) < 4.78 is 12.8. The van der Waals surface area contributed by atoms with Crippen LogP contribution in [0.2, 0.25) is 0 Å². The molecule has 0 aromatic heterocycles. The number of para-hydroxylation sites is 1. The van der Waals surface area contributed by atoms with E-state index in [1.54, 1.807) is 47.4 Å². The number of imide groups is 1. The predicted molar refractivity (Wildman–Crippen MR) is 225 cm³/mol. The zero-order chi connectivity index (χ0) is 40.8. The third-order valence-electron chi connectivity index (χ3n) is 10.2. The highest BCUT2D eigenvalue weighted by molar-refractivity contribution is 6.34. The van der Waals surface area contributed by atoms with Crippen molar-refractivity contribution in [3.8, 4) is 23.0 Å². The van der Waals surface area contributed by atoms with Crippen LogP contribution in [0.15, 0.2) is 97.6 Å². The van der Waals surface area contributed by atoms with Crippen molar-refractivity contribution in [3.05, 3.63) is 153 Å². The van der Waals surface area contributed by atoms with E-state index in [-0.39, 0.29) is 29.2 Å². The molecule has 0 unspecified atom stereocenters. The van der Waals surface area contributed by atoms with E-state index in [9.17, 15) is 14.4 Å². The van der Waals surface area contributed by atoms with Gasteiger partial charge in [-0.3, -0.25) is 14.4 Å². The van der Waals surface area contributed by atoms with Crippen molar-refractivity contribution < 1.29 is 23.9 Å². The number of carbonyl (C=O) groups excluding carboxylic acids is 3. The van der Waals surface area contributed by atoms with Crippen LogP contribution in [-0.2, 0) is 5.41 Å². The third kappa shape index (κ3) is 7.38. The molecular weight excluding hydrogens is 697 g/mol. The highest BCUT2D eigenvalue weighted by atomic mass is 16.5. The Morgan fingerprint density at radius 1 is 0.554 bits per heavy atom. The summed E-state index contributed by atoms with van der Waals surface area (Å²) in [6, 6.07) is 28.3. The van der Waals surface area contributed by atoms with Crippen LogP contribution in [0.4, 0.5) is 5.69 Å². The summed E-state index contributed by atoms with van der Waals surface area (Å²) in [6.45, 7) is 27.2. The molecule has 5 aromatic carbocycles. The summed E-state index contributed by atoms with van der Waals surface area (Å²) in [5.74, 6) is 2.65. The Balaban J connectivity index is 0.00000127. The first-order valence-electron chi connectivity index (χ1n) is 19.2. The lowest BCUT2D eigenvalue weighted by molar-refractivity contribution is 0.0819. The normalized spacial score (nSPS) is 13.7. The Hall–Kier alpha value is -5.95. The highest BCUT2D eigenvalue weighted by Crippen LogP contribution is 2.42. The standard InChI is InChI=1S/C45H42N2O5.C4H10/c1-25(2)46-30(7)36-17-15-34(23-38(36)43(46)49)51-40-26(3)19-31(20-27(40)4)45(8,9)32-21-28(5)41(29(6)22-32)52-35-16-18-37-39(24-35)44(50)47(42(37)48)33-13-11-10-12-14-33;1-4(2)3/h10-25H,7H2,1-6,8-9H3;4H,1-3H3. The van der Waals surface area contributed by atoms with Gasteiger partial charge >= 0.3 is 0 Å². The average Bonchev–Trinajstić information content (AvgIpc) is 3.54. The molecule has 5 aromatic rings. The summed E-state index contributed by atoms with van der Waals surface area (Å²) in [5.41, 5.74) is 9.20. The second-order valence-electron chi connectivity index (χ2n) is 16.4. The summed E-state index contributed by atoms with van der Waals surface area (Å²) in [6.07, 6.45) is 0. The van der Waals surface area contributed by atoms with Crippen LogP contribution in [0, 0.1) is 33.6 Å². The topological polar surface area (TPSA) is 76.1 Å². The molecule has 0 N–H and O–H groups in total. The number of nitrogens with zero attached hydrogens (tertiary/aromatic N) is 2. The Labute approximate surface area is 331 Å². The minimum Gasteiger partial charge on any atom is -0.457 e. The van der Waals surface area contributed by atoms with E-state index >= 15 is 0 Å². The van der Waals surface area contributed by atoms with Crippen molar-refractivity contribution in [2.24, 2.45) is 5.92 Å². The number of hydrogen-bond donors (Lipinski definition) is 0. The Morgan fingerprint density at radius 3 is 1.41 bits per heavy atom. The summed E-state index contributed by atoms with van der Waals surface area (Å²) in [7, 11) is 0. The first-order chi connectivity index (χ1) is 26.4. The fourth-order valence-electron chi connectivity index (χ4n) is 7.39. The number of rotatable bonds is 8. The van der Waals surface area contributed by atoms with Gasteiger partial charge in [0.05, 0.1) is 22.4 Å². The van der Waals surface area contributed by atoms with E-state index in [0.29, 0.717) is 39.6 Å². The lowest BCUT2D eigenvalue weighted by Crippen LogP contribution is -2.29. The van der Waals surface area contributed by atoms with Crippen LogP contribution in [0.25, 0.3) is 5.70 Å². The van der Waals surface area contributed by atoms with Crippen LogP contribution >= 0.6 is 0 Å². The van der Waals surface area contributed by atoms with Crippen LogP contribution in [-0.4, -0.2) is 28.7 Å². The average molecular weight is 749 g/mol. The number of benzene rings is 5. The van der Waals surface area contributed by atoms with E-state index in [1.165, 1.54) is 4.90 Å². The number of ether oxygens (including phenoxy) is 2. The summed E-state index contributed by atoms with van der Waals surface area (Å²) in [4.78, 5) is 42.5. The molecule has 0 fully saturated rings. The molecule has 2 heterocycles. The fraction of sp³-hybridized carbons (Fsp3) is 0.286. The molecule has 2 aliphatic heterocycles. The molecule has 0 bridgehead atoms. The smallest absolute Gasteiger partial charge is 0.266 e. The maximum Gasteiger partial charge on any atom is 0.266 e. The molecule has 0 saturated carbocycles. The van der Waals surface area contributed by atoms with Gasteiger partial charge in [0.15, 0.2) is 0 Å². The predicted octanol–water partition coefficient (Wildman–Crippen LogP) is 12.1. The largest absolute Gasteiger partial charge is 0.457 e. The van der Waals surface area contributed by atoms with Crippen LogP contribution in [0.3, 0.4) is 0 Å². The van der Waals surface area contributed by atoms with Crippen LogP contribution < -0.4 is 14.4 Å². The number of fused-ring (bicyclic) bond motifs is 2. The van der Waals surface area contributed by atoms with E-state index in [2.05, 4.69) is 65.5 Å². The molecule has 7 heteroatoms. The first-order valence-corrected chi connectivity index (χ1v) is 19.2. The first kappa shape index (κ1) is 39.7. The monoisotopic (exact) mass is 748 g/mol. The van der Waals surface area contributed by atoms with Crippen LogP contribution in [0.5, 0.6) is 23.0 Å². The fourth-order valence-corrected chi connectivity index (χ4v) is 7.39. The number of anilines is 1. The third-order valence-corrected chi connectivity index (χ3v) is 10.2. The van der Waals surface area contributed by atoms with Gasteiger partial charge in [-0.2, -0.15) is 0 Å². The second kappa shape index (κ2) is 15.3. The Bertz CT molecular complexity index is 2340. The molecule has 56 heavy (non-hydrogen) atoms. The quantitative estimate of drug-likeness (QED) is 0.148. The van der Waals surface area contributed by atoms with Gasteiger partial charge in [-0.15, -0.1) is 0 Å². The molecule has 2 aliphatic rings. The molecule has 0 saturated heterocycles. The number of hydrogen-bond acceptors (Lipinski definition) is 5. The van der Waals surface area contributed by atoms with Crippen molar-refractivity contribution in [1.82, 2.24) is 4.90 Å². The van der Waals surface area contributed by atoms with Crippen molar-refractivity contribution in [3.63, 3.8) is 0 Å². The zero-order valence-corrected chi connectivity index (χ0v) is 34.5. The van der Waals surface area contributed by atoms with E-state index in [1.807, 2.05) is 65.8 Å². The Kier molecular flexibility index (Phi) is 10.9. The molecule has 7 nitrogen and oxygen atoms in total. The van der Waals surface area contributed by atoms with Crippen molar-refractivity contribution in [1.29, 1.82) is 0 Å². The molecule has 7 rings (SSSR count).